The van der Waals surface area contributed by atoms with E-state index in [1.807, 2.05) is 6.07 Å². The molecule has 0 saturated carbocycles. The maximum Gasteiger partial charge on any atom is 0.346 e. The lowest BCUT2D eigenvalue weighted by atomic mass is 10.2. The van der Waals surface area contributed by atoms with Crippen LogP contribution in [0.5, 0.6) is 0 Å². The summed E-state index contributed by atoms with van der Waals surface area (Å²) in [5.74, 6) is -1.23. The van der Waals surface area contributed by atoms with Crippen LogP contribution in [0.1, 0.15) is 21.6 Å². The smallest absolute Gasteiger partial charge is 0.346 e. The Kier molecular flexibility index (Phi) is 5.23. The number of benzene rings is 1. The van der Waals surface area contributed by atoms with Gasteiger partial charge in [-0.1, -0.05) is 28.9 Å². The summed E-state index contributed by atoms with van der Waals surface area (Å²) in [5, 5.41) is 4.15. The number of rotatable bonds is 5. The molecule has 0 atom stereocenters. The minimum Gasteiger partial charge on any atom is -0.452 e. The summed E-state index contributed by atoms with van der Waals surface area (Å²) in [7, 11) is 1.61. The predicted molar refractivity (Wildman–Crippen MR) is 83.9 cm³/mol. The molecule has 122 valence electrons. The van der Waals surface area contributed by atoms with E-state index in [1.54, 1.807) is 32.2 Å². The number of anilines is 1. The second-order valence-corrected chi connectivity index (χ2v) is 5.40. The number of likely N-dealkylation sites (N-methyl/N-ethyl adjacent to an activating group) is 1. The van der Waals surface area contributed by atoms with Crippen molar-refractivity contribution < 1.29 is 18.8 Å². The molecule has 2 aromatic rings. The van der Waals surface area contributed by atoms with Crippen molar-refractivity contribution in [3.8, 4) is 0 Å². The third-order valence-electron chi connectivity index (χ3n) is 3.15. The molecule has 1 aromatic heterocycles. The van der Waals surface area contributed by atoms with E-state index < -0.39 is 12.6 Å². The third kappa shape index (κ3) is 4.23. The van der Waals surface area contributed by atoms with Gasteiger partial charge in [0, 0.05) is 18.6 Å². The van der Waals surface area contributed by atoms with E-state index in [-0.39, 0.29) is 17.4 Å². The number of nitrogens with zero attached hydrogens (tertiary/aromatic N) is 2. The maximum absolute atomic E-state index is 12.0. The van der Waals surface area contributed by atoms with Crippen LogP contribution in [0.25, 0.3) is 0 Å². The standard InChI is InChI=1S/C15H16ClN3O4/c1-9-13(14(17)23-18-9)15(21)22-8-12(20)19(2)7-10-4-3-5-11(16)6-10/h3-6H,7-8,17H2,1-2H3. The summed E-state index contributed by atoms with van der Waals surface area (Å²) in [6, 6.07) is 7.16. The Balaban J connectivity index is 1.90. The molecule has 7 nitrogen and oxygen atoms in total. The zero-order valence-corrected chi connectivity index (χ0v) is 13.5. The van der Waals surface area contributed by atoms with Gasteiger partial charge in [-0.15, -0.1) is 0 Å². The van der Waals surface area contributed by atoms with Crippen molar-refractivity contribution in [2.24, 2.45) is 0 Å². The molecule has 0 radical (unpaired) electrons. The first-order valence-electron chi connectivity index (χ1n) is 6.75. The fourth-order valence-electron chi connectivity index (χ4n) is 1.94. The number of hydrogen-bond acceptors (Lipinski definition) is 6. The summed E-state index contributed by atoms with van der Waals surface area (Å²) < 4.78 is 9.64. The number of nitrogens with two attached hydrogens (primary N) is 1. The molecule has 0 aliphatic carbocycles. The van der Waals surface area contributed by atoms with E-state index >= 15 is 0 Å². The van der Waals surface area contributed by atoms with Crippen LogP contribution in [-0.2, 0) is 16.1 Å². The number of carbonyl (C=O) groups excluding carboxylic acids is 2. The summed E-state index contributed by atoms with van der Waals surface area (Å²) >= 11 is 5.90. The van der Waals surface area contributed by atoms with Gasteiger partial charge in [0.2, 0.25) is 5.88 Å². The maximum atomic E-state index is 12.0. The molecule has 0 aliphatic rings. The number of nitrogen functional groups attached to an aromatic ring is 1. The van der Waals surface area contributed by atoms with Gasteiger partial charge in [-0.05, 0) is 24.6 Å². The molecular formula is C15H16ClN3O4. The van der Waals surface area contributed by atoms with Crippen LogP contribution in [0, 0.1) is 6.92 Å². The minimum absolute atomic E-state index is 0.0373. The highest BCUT2D eigenvalue weighted by Crippen LogP contribution is 2.16. The van der Waals surface area contributed by atoms with Gasteiger partial charge in [0.15, 0.2) is 6.61 Å². The molecule has 1 heterocycles. The van der Waals surface area contributed by atoms with Crippen LogP contribution in [-0.4, -0.2) is 35.6 Å². The fraction of sp³-hybridized carbons (Fsp3) is 0.267. The Hall–Kier alpha value is -2.54. The van der Waals surface area contributed by atoms with Crippen molar-refractivity contribution in [2.45, 2.75) is 13.5 Å². The number of aryl methyl sites for hydroxylation is 1. The van der Waals surface area contributed by atoms with Crippen LogP contribution in [0.15, 0.2) is 28.8 Å². The van der Waals surface area contributed by atoms with E-state index in [0.29, 0.717) is 17.3 Å². The summed E-state index contributed by atoms with van der Waals surface area (Å²) in [6.45, 7) is 1.51. The Morgan fingerprint density at radius 2 is 2.17 bits per heavy atom. The second-order valence-electron chi connectivity index (χ2n) is 4.96. The van der Waals surface area contributed by atoms with E-state index in [2.05, 4.69) is 9.68 Å². The quantitative estimate of drug-likeness (QED) is 0.838. The number of hydrogen-bond donors (Lipinski definition) is 1. The zero-order chi connectivity index (χ0) is 17.0. The van der Waals surface area contributed by atoms with Crippen molar-refractivity contribution in [1.29, 1.82) is 0 Å². The second kappa shape index (κ2) is 7.15. The van der Waals surface area contributed by atoms with Gasteiger partial charge in [-0.25, -0.2) is 4.79 Å². The first-order chi connectivity index (χ1) is 10.9. The molecule has 0 fully saturated rings. The molecule has 0 unspecified atom stereocenters. The van der Waals surface area contributed by atoms with Crippen LogP contribution >= 0.6 is 11.6 Å². The van der Waals surface area contributed by atoms with Crippen molar-refractivity contribution in [3.63, 3.8) is 0 Å². The Labute approximate surface area is 137 Å². The minimum atomic E-state index is -0.745. The number of esters is 1. The summed E-state index contributed by atoms with van der Waals surface area (Å²) in [5.41, 5.74) is 6.71. The van der Waals surface area contributed by atoms with Gasteiger partial charge in [-0.2, -0.15) is 0 Å². The number of halogens is 1. The number of carbonyl (C=O) groups is 2. The zero-order valence-electron chi connectivity index (χ0n) is 12.7. The van der Waals surface area contributed by atoms with E-state index in [9.17, 15) is 9.59 Å². The lowest BCUT2D eigenvalue weighted by Gasteiger charge is -2.17. The van der Waals surface area contributed by atoms with E-state index in [4.69, 9.17) is 22.1 Å². The highest BCUT2D eigenvalue weighted by Gasteiger charge is 2.21. The monoisotopic (exact) mass is 337 g/mol. The largest absolute Gasteiger partial charge is 0.452 e. The van der Waals surface area contributed by atoms with Gasteiger partial charge in [0.05, 0.1) is 5.69 Å². The Morgan fingerprint density at radius 1 is 1.43 bits per heavy atom. The molecule has 0 spiro atoms. The van der Waals surface area contributed by atoms with Crippen molar-refractivity contribution in [2.75, 3.05) is 19.4 Å². The molecule has 2 N–H and O–H groups in total. The normalized spacial score (nSPS) is 10.4. The molecular weight excluding hydrogens is 322 g/mol. The van der Waals surface area contributed by atoms with Crippen molar-refractivity contribution in [1.82, 2.24) is 10.1 Å². The summed E-state index contributed by atoms with van der Waals surface area (Å²) in [6.07, 6.45) is 0. The van der Waals surface area contributed by atoms with Gasteiger partial charge in [0.25, 0.3) is 5.91 Å². The highest BCUT2D eigenvalue weighted by molar-refractivity contribution is 6.30. The molecule has 0 aliphatic heterocycles. The highest BCUT2D eigenvalue weighted by atomic mass is 35.5. The van der Waals surface area contributed by atoms with Gasteiger partial charge >= 0.3 is 5.97 Å². The van der Waals surface area contributed by atoms with Crippen LogP contribution in [0.4, 0.5) is 5.88 Å². The third-order valence-corrected chi connectivity index (χ3v) is 3.39. The first kappa shape index (κ1) is 16.8. The van der Waals surface area contributed by atoms with E-state index in [1.165, 1.54) is 4.90 Å². The molecule has 1 aromatic carbocycles. The number of amides is 1. The molecule has 23 heavy (non-hydrogen) atoms. The molecule has 0 bridgehead atoms. The molecule has 0 saturated heterocycles. The number of ether oxygens (including phenoxy) is 1. The SMILES string of the molecule is Cc1noc(N)c1C(=O)OCC(=O)N(C)Cc1cccc(Cl)c1. The van der Waals surface area contributed by atoms with Crippen LogP contribution < -0.4 is 5.73 Å². The molecule has 1 amide bonds. The lowest BCUT2D eigenvalue weighted by molar-refractivity contribution is -0.133. The van der Waals surface area contributed by atoms with Crippen molar-refractivity contribution in [3.05, 3.63) is 46.1 Å². The Bertz CT molecular complexity index is 710. The van der Waals surface area contributed by atoms with Gasteiger partial charge < -0.3 is 19.9 Å². The van der Waals surface area contributed by atoms with Crippen molar-refractivity contribution >= 4 is 29.4 Å². The first-order valence-corrected chi connectivity index (χ1v) is 7.13. The molecule has 8 heteroatoms. The van der Waals surface area contributed by atoms with Crippen LogP contribution in [0.3, 0.4) is 0 Å². The Morgan fingerprint density at radius 3 is 2.78 bits per heavy atom. The number of aromatic nitrogens is 1. The van der Waals surface area contributed by atoms with E-state index in [0.717, 1.165) is 5.56 Å². The average Bonchev–Trinajstić information content (AvgIpc) is 2.83. The average molecular weight is 338 g/mol. The predicted octanol–water partition coefficient (Wildman–Crippen LogP) is 2.03. The lowest BCUT2D eigenvalue weighted by Crippen LogP contribution is -2.31. The van der Waals surface area contributed by atoms with Crippen LogP contribution in [0.2, 0.25) is 5.02 Å². The topological polar surface area (TPSA) is 98.7 Å². The van der Waals surface area contributed by atoms with Gasteiger partial charge in [0.1, 0.15) is 5.56 Å². The summed E-state index contributed by atoms with van der Waals surface area (Å²) in [4.78, 5) is 25.3. The van der Waals surface area contributed by atoms with Gasteiger partial charge in [-0.3, -0.25) is 4.79 Å². The molecule has 2 rings (SSSR count). The fourth-order valence-corrected chi connectivity index (χ4v) is 2.16.